The molecule has 32 heavy (non-hydrogen) atoms. The molecule has 0 atom stereocenters. The number of nitrogens with one attached hydrogen (secondary N) is 1. The van der Waals surface area contributed by atoms with Crippen LogP contribution in [0, 0.1) is 13.8 Å². The Kier molecular flexibility index (Phi) is 8.08. The average molecular weight is 456 g/mol. The molecule has 0 saturated heterocycles. The van der Waals surface area contributed by atoms with Gasteiger partial charge in [-0.25, -0.2) is 9.59 Å². The average Bonchev–Trinajstić information content (AvgIpc) is 2.79. The van der Waals surface area contributed by atoms with Gasteiger partial charge in [0.15, 0.2) is 0 Å². The molecule has 0 bridgehead atoms. The van der Waals surface area contributed by atoms with Gasteiger partial charge in [-0.2, -0.15) is 0 Å². The molecule has 0 aliphatic rings. The molecule has 0 saturated carbocycles. The fraction of sp³-hybridized carbons (Fsp3) is 0.292. The molecule has 1 aromatic heterocycles. The molecule has 168 valence electrons. The number of fused-ring (bicyclic) bond motifs is 1. The molecule has 1 amide bonds. The summed E-state index contributed by atoms with van der Waals surface area (Å²) in [4.78, 5) is 37.4. The molecule has 0 aliphatic carbocycles. The summed E-state index contributed by atoms with van der Waals surface area (Å²) < 4.78 is 15.8. The number of hydrogen-bond acceptors (Lipinski definition) is 7. The van der Waals surface area contributed by atoms with Crippen LogP contribution < -0.4 is 10.9 Å². The summed E-state index contributed by atoms with van der Waals surface area (Å²) >= 11 is 1.25. The van der Waals surface area contributed by atoms with Crippen LogP contribution in [-0.2, 0) is 20.9 Å². The van der Waals surface area contributed by atoms with E-state index in [0.717, 1.165) is 16.5 Å². The monoisotopic (exact) mass is 455 g/mol. The van der Waals surface area contributed by atoms with E-state index in [1.54, 1.807) is 31.4 Å². The number of aryl methyl sites for hydroxylation is 2. The highest BCUT2D eigenvalue weighted by atomic mass is 32.2. The number of amides is 1. The van der Waals surface area contributed by atoms with E-state index in [2.05, 4.69) is 5.32 Å². The zero-order chi connectivity index (χ0) is 23.1. The first-order chi connectivity index (χ1) is 15.4. The molecule has 7 nitrogen and oxygen atoms in total. The Morgan fingerprint density at radius 3 is 2.69 bits per heavy atom. The summed E-state index contributed by atoms with van der Waals surface area (Å²) in [5.74, 6) is -0.515. The Bertz CT molecular complexity index is 1190. The zero-order valence-electron chi connectivity index (χ0n) is 18.2. The van der Waals surface area contributed by atoms with Gasteiger partial charge in [-0.05, 0) is 37.1 Å². The van der Waals surface area contributed by atoms with Crippen LogP contribution in [0.4, 0.5) is 0 Å². The van der Waals surface area contributed by atoms with Gasteiger partial charge in [-0.1, -0.05) is 24.3 Å². The van der Waals surface area contributed by atoms with Crippen LogP contribution >= 0.6 is 11.8 Å². The third-order valence-electron chi connectivity index (χ3n) is 4.97. The minimum Gasteiger partial charge on any atom is -0.457 e. The van der Waals surface area contributed by atoms with Crippen molar-refractivity contribution in [3.05, 3.63) is 75.1 Å². The van der Waals surface area contributed by atoms with Crippen LogP contribution in [0.25, 0.3) is 11.0 Å². The Morgan fingerprint density at radius 2 is 1.91 bits per heavy atom. The lowest BCUT2D eigenvalue weighted by atomic mass is 10.0. The third-order valence-corrected chi connectivity index (χ3v) is 6.04. The number of rotatable bonds is 9. The fourth-order valence-corrected chi connectivity index (χ4v) is 3.98. The van der Waals surface area contributed by atoms with Gasteiger partial charge in [0.05, 0.1) is 17.9 Å². The summed E-state index contributed by atoms with van der Waals surface area (Å²) in [6.45, 7) is 4.62. The van der Waals surface area contributed by atoms with Crippen LogP contribution in [-0.4, -0.2) is 37.9 Å². The highest BCUT2D eigenvalue weighted by Gasteiger charge is 2.16. The first-order valence-electron chi connectivity index (χ1n) is 10.1. The maximum atomic E-state index is 12.8. The number of benzene rings is 2. The highest BCUT2D eigenvalue weighted by Crippen LogP contribution is 2.26. The van der Waals surface area contributed by atoms with E-state index >= 15 is 0 Å². The van der Waals surface area contributed by atoms with Crippen molar-refractivity contribution in [2.45, 2.75) is 25.3 Å². The molecule has 2 aromatic carbocycles. The van der Waals surface area contributed by atoms with Gasteiger partial charge in [-0.15, -0.1) is 11.8 Å². The molecule has 0 fully saturated rings. The Morgan fingerprint density at radius 1 is 1.12 bits per heavy atom. The van der Waals surface area contributed by atoms with Crippen molar-refractivity contribution in [2.24, 2.45) is 0 Å². The standard InChI is InChI=1S/C24H25NO6S/c1-15-8-9-18-17(12-22(27)31-23(18)16(15)2)13-30-24(28)19-6-4-5-7-20(19)32-14-21(26)25-10-11-29-3/h4-9,12H,10-11,13-14H2,1-3H3,(H,25,26). The van der Waals surface area contributed by atoms with Crippen molar-refractivity contribution < 1.29 is 23.5 Å². The highest BCUT2D eigenvalue weighted by molar-refractivity contribution is 8.00. The smallest absolute Gasteiger partial charge is 0.339 e. The Hall–Kier alpha value is -3.10. The first kappa shape index (κ1) is 23.6. The van der Waals surface area contributed by atoms with Gasteiger partial charge >= 0.3 is 11.6 Å². The largest absolute Gasteiger partial charge is 0.457 e. The molecule has 0 radical (unpaired) electrons. The second kappa shape index (κ2) is 11.0. The SMILES string of the molecule is COCCNC(=O)CSc1ccccc1C(=O)OCc1cc(=O)oc2c(C)c(C)ccc12. The molecule has 1 heterocycles. The number of esters is 1. The van der Waals surface area contributed by atoms with Crippen molar-refractivity contribution in [1.82, 2.24) is 5.32 Å². The van der Waals surface area contributed by atoms with Crippen molar-refractivity contribution in [1.29, 1.82) is 0 Å². The minimum absolute atomic E-state index is 0.0695. The van der Waals surface area contributed by atoms with Gasteiger partial charge in [0.1, 0.15) is 12.2 Å². The topological polar surface area (TPSA) is 94.8 Å². The van der Waals surface area contributed by atoms with Crippen molar-refractivity contribution >= 4 is 34.6 Å². The van der Waals surface area contributed by atoms with Gasteiger partial charge in [0.25, 0.3) is 0 Å². The van der Waals surface area contributed by atoms with Gasteiger partial charge in [0, 0.05) is 35.6 Å². The van der Waals surface area contributed by atoms with Crippen LogP contribution in [0.2, 0.25) is 0 Å². The molecule has 0 spiro atoms. The summed E-state index contributed by atoms with van der Waals surface area (Å²) in [5, 5.41) is 3.47. The summed E-state index contributed by atoms with van der Waals surface area (Å²) in [5.41, 5.74) is 2.83. The lowest BCUT2D eigenvalue weighted by molar-refractivity contribution is -0.118. The van der Waals surface area contributed by atoms with Crippen molar-refractivity contribution in [2.75, 3.05) is 26.0 Å². The summed E-state index contributed by atoms with van der Waals surface area (Å²) in [6.07, 6.45) is 0. The number of carbonyl (C=O) groups is 2. The normalized spacial score (nSPS) is 10.8. The summed E-state index contributed by atoms with van der Waals surface area (Å²) in [6, 6.07) is 12.1. The first-order valence-corrected chi connectivity index (χ1v) is 11.1. The number of ether oxygens (including phenoxy) is 2. The molecule has 0 aliphatic heterocycles. The van der Waals surface area contributed by atoms with Crippen LogP contribution in [0.5, 0.6) is 0 Å². The molecule has 0 unspecified atom stereocenters. The molecular formula is C24H25NO6S. The minimum atomic E-state index is -0.530. The second-order valence-corrected chi connectivity index (χ2v) is 8.20. The number of thioether (sulfide) groups is 1. The van der Waals surface area contributed by atoms with Crippen molar-refractivity contribution in [3.8, 4) is 0 Å². The van der Waals surface area contributed by atoms with E-state index in [1.165, 1.54) is 17.8 Å². The van der Waals surface area contributed by atoms with E-state index in [0.29, 0.717) is 34.8 Å². The second-order valence-electron chi connectivity index (χ2n) is 7.18. The predicted molar refractivity (Wildman–Crippen MR) is 123 cm³/mol. The lowest BCUT2D eigenvalue weighted by Gasteiger charge is -2.11. The lowest BCUT2D eigenvalue weighted by Crippen LogP contribution is -2.28. The van der Waals surface area contributed by atoms with E-state index in [1.807, 2.05) is 26.0 Å². The molecule has 3 aromatic rings. The Labute approximate surface area is 190 Å². The molecule has 3 rings (SSSR count). The number of methoxy groups -OCH3 is 1. The van der Waals surface area contributed by atoms with Gasteiger partial charge < -0.3 is 19.2 Å². The van der Waals surface area contributed by atoms with Gasteiger partial charge in [0.2, 0.25) is 5.91 Å². The maximum Gasteiger partial charge on any atom is 0.339 e. The van der Waals surface area contributed by atoms with E-state index < -0.39 is 11.6 Å². The Balaban J connectivity index is 1.72. The van der Waals surface area contributed by atoms with Gasteiger partial charge in [-0.3, -0.25) is 4.79 Å². The molecule has 8 heteroatoms. The maximum absolute atomic E-state index is 12.8. The van der Waals surface area contributed by atoms with Crippen LogP contribution in [0.3, 0.4) is 0 Å². The quantitative estimate of drug-likeness (QED) is 0.228. The van der Waals surface area contributed by atoms with Crippen molar-refractivity contribution in [3.63, 3.8) is 0 Å². The number of hydrogen-bond donors (Lipinski definition) is 1. The summed E-state index contributed by atoms with van der Waals surface area (Å²) in [7, 11) is 1.57. The fourth-order valence-electron chi connectivity index (χ4n) is 3.11. The third kappa shape index (κ3) is 5.77. The van der Waals surface area contributed by atoms with Crippen LogP contribution in [0.1, 0.15) is 27.0 Å². The predicted octanol–water partition coefficient (Wildman–Crippen LogP) is 3.62. The van der Waals surface area contributed by atoms with E-state index in [-0.39, 0.29) is 18.3 Å². The molecule has 1 N–H and O–H groups in total. The van der Waals surface area contributed by atoms with E-state index in [4.69, 9.17) is 13.9 Å². The zero-order valence-corrected chi connectivity index (χ0v) is 19.0. The number of carbonyl (C=O) groups excluding carboxylic acids is 2. The van der Waals surface area contributed by atoms with Crippen LogP contribution in [0.15, 0.2) is 56.6 Å². The molecular weight excluding hydrogens is 430 g/mol. The van der Waals surface area contributed by atoms with E-state index in [9.17, 15) is 14.4 Å².